The number of fused-ring (bicyclic) bond motifs is 2. The second-order valence-electron chi connectivity index (χ2n) is 11.5. The van der Waals surface area contributed by atoms with E-state index in [1.165, 1.54) is 7.11 Å². The van der Waals surface area contributed by atoms with Gasteiger partial charge in [-0.1, -0.05) is 43.4 Å². The van der Waals surface area contributed by atoms with E-state index in [-0.39, 0.29) is 37.2 Å². The predicted octanol–water partition coefficient (Wildman–Crippen LogP) is 4.27. The maximum atomic E-state index is 13.7. The molecule has 11 nitrogen and oxygen atoms in total. The first-order chi connectivity index (χ1) is 21.5. The Morgan fingerprint density at radius 1 is 1.11 bits per heavy atom. The molecule has 3 N–H and O–H groups in total. The number of hydrogen-bond donors (Lipinski definition) is 2. The third-order valence-electron chi connectivity index (χ3n) is 7.46. The molecule has 2 heterocycles. The molecule has 2 aromatic carbocycles. The standard InChI is InChI=1S/C34H43NO10/c1-21-14-15-27(43-32(37)23-10-7-6-8-11-23)31-28(44-34(3,4)45-31)13-9-12-24-16-26(40-19-25(36)18-35)17-29(41-20-39-5)30(24)33(38)42-22(21)2/h6-12,14-17,21-22,25,27-28,31,36H,13,18-20,35H2,1-5H3/b12-9+,15-14-/t21-,22+,25?,27?,28+,31?/m1/s1. The largest absolute Gasteiger partial charge is 0.491 e. The van der Waals surface area contributed by atoms with E-state index in [0.717, 1.165) is 0 Å². The number of ether oxygens (including phenoxy) is 7. The van der Waals surface area contributed by atoms with Crippen molar-refractivity contribution in [2.75, 3.05) is 27.1 Å². The summed E-state index contributed by atoms with van der Waals surface area (Å²) < 4.78 is 41.1. The number of rotatable bonds is 9. The number of methoxy groups -OCH3 is 1. The highest BCUT2D eigenvalue weighted by molar-refractivity contribution is 5.97. The molecular weight excluding hydrogens is 582 g/mol. The van der Waals surface area contributed by atoms with E-state index in [1.807, 2.05) is 39.0 Å². The second-order valence-corrected chi connectivity index (χ2v) is 11.5. The summed E-state index contributed by atoms with van der Waals surface area (Å²) in [5.41, 5.74) is 6.59. The average Bonchev–Trinajstić information content (AvgIpc) is 3.33. The Balaban J connectivity index is 1.74. The lowest BCUT2D eigenvalue weighted by atomic mass is 9.98. The summed E-state index contributed by atoms with van der Waals surface area (Å²) in [6.45, 7) is 7.14. The van der Waals surface area contributed by atoms with Crippen LogP contribution in [-0.4, -0.2) is 80.4 Å². The van der Waals surface area contributed by atoms with Crippen LogP contribution in [0.15, 0.2) is 60.7 Å². The van der Waals surface area contributed by atoms with Gasteiger partial charge in [-0.2, -0.15) is 0 Å². The molecule has 2 aliphatic rings. The molecule has 6 atom stereocenters. The summed E-state index contributed by atoms with van der Waals surface area (Å²) >= 11 is 0. The maximum Gasteiger partial charge on any atom is 0.342 e. The van der Waals surface area contributed by atoms with Gasteiger partial charge in [0.1, 0.15) is 48.1 Å². The molecule has 0 aliphatic carbocycles. The normalized spacial score (nSPS) is 26.7. The number of carbonyl (C=O) groups is 2. The van der Waals surface area contributed by atoms with Crippen LogP contribution < -0.4 is 15.2 Å². The summed E-state index contributed by atoms with van der Waals surface area (Å²) in [5.74, 6) is -1.77. The highest BCUT2D eigenvalue weighted by atomic mass is 16.8. The van der Waals surface area contributed by atoms with E-state index < -0.39 is 48.2 Å². The zero-order chi connectivity index (χ0) is 32.6. The van der Waals surface area contributed by atoms with Crippen LogP contribution in [0.25, 0.3) is 6.08 Å². The lowest BCUT2D eigenvalue weighted by Gasteiger charge is -2.26. The first-order valence-corrected chi connectivity index (χ1v) is 15.0. The minimum absolute atomic E-state index is 0.0251. The molecule has 45 heavy (non-hydrogen) atoms. The number of aliphatic hydroxyl groups excluding tert-OH is 1. The molecule has 0 aromatic heterocycles. The van der Waals surface area contributed by atoms with Gasteiger partial charge in [-0.15, -0.1) is 0 Å². The summed E-state index contributed by atoms with van der Waals surface area (Å²) in [7, 11) is 1.47. The number of carbonyl (C=O) groups excluding carboxylic acids is 2. The van der Waals surface area contributed by atoms with Crippen molar-refractivity contribution in [2.24, 2.45) is 11.7 Å². The van der Waals surface area contributed by atoms with Crippen molar-refractivity contribution in [3.63, 3.8) is 0 Å². The molecule has 0 amide bonds. The van der Waals surface area contributed by atoms with E-state index in [1.54, 1.807) is 55.5 Å². The number of cyclic esters (lactones) is 1. The van der Waals surface area contributed by atoms with Crippen LogP contribution in [0.1, 0.15) is 60.4 Å². The Hall–Kier alpha value is -3.74. The van der Waals surface area contributed by atoms with Crippen molar-refractivity contribution >= 4 is 18.0 Å². The van der Waals surface area contributed by atoms with Crippen molar-refractivity contribution in [1.29, 1.82) is 0 Å². The van der Waals surface area contributed by atoms with Crippen LogP contribution in [-0.2, 0) is 23.7 Å². The lowest BCUT2D eigenvalue weighted by Crippen LogP contribution is -2.37. The molecule has 11 heteroatoms. The SMILES string of the molecule is COCOc1cc(OCC(O)CN)cc2c1C(=O)O[C@@H](C)[C@H](C)/C=C\C(OC(=O)c1ccccc1)C1OC(C)(C)O[C@H]1C/C=C/2. The van der Waals surface area contributed by atoms with Gasteiger partial charge in [0.2, 0.25) is 0 Å². The van der Waals surface area contributed by atoms with Crippen LogP contribution >= 0.6 is 0 Å². The van der Waals surface area contributed by atoms with Crippen molar-refractivity contribution < 1.29 is 47.9 Å². The quantitative estimate of drug-likeness (QED) is 0.234. The van der Waals surface area contributed by atoms with Gasteiger partial charge in [0, 0.05) is 25.6 Å². The predicted molar refractivity (Wildman–Crippen MR) is 166 cm³/mol. The Morgan fingerprint density at radius 2 is 1.87 bits per heavy atom. The number of aliphatic hydroxyl groups is 1. The summed E-state index contributed by atoms with van der Waals surface area (Å²) in [5, 5.41) is 9.94. The number of hydrogen-bond acceptors (Lipinski definition) is 11. The Kier molecular flexibility index (Phi) is 11.8. The highest BCUT2D eigenvalue weighted by Crippen LogP contribution is 2.36. The van der Waals surface area contributed by atoms with Crippen molar-refractivity contribution in [1.82, 2.24) is 0 Å². The topological polar surface area (TPSA) is 145 Å². The fraction of sp³-hybridized carbons (Fsp3) is 0.471. The van der Waals surface area contributed by atoms with Gasteiger partial charge in [-0.05, 0) is 57.0 Å². The van der Waals surface area contributed by atoms with Crippen LogP contribution in [0.4, 0.5) is 0 Å². The lowest BCUT2D eigenvalue weighted by molar-refractivity contribution is -0.152. The van der Waals surface area contributed by atoms with Gasteiger partial charge in [-0.25, -0.2) is 9.59 Å². The van der Waals surface area contributed by atoms with Crippen LogP contribution in [0, 0.1) is 5.92 Å². The van der Waals surface area contributed by atoms with E-state index >= 15 is 0 Å². The molecule has 0 radical (unpaired) electrons. The first-order valence-electron chi connectivity index (χ1n) is 15.0. The maximum absolute atomic E-state index is 13.7. The summed E-state index contributed by atoms with van der Waals surface area (Å²) in [6.07, 6.45) is 4.19. The zero-order valence-corrected chi connectivity index (χ0v) is 26.3. The van der Waals surface area contributed by atoms with Crippen molar-refractivity contribution in [3.05, 3.63) is 77.4 Å². The van der Waals surface area contributed by atoms with Gasteiger partial charge in [0.15, 0.2) is 12.6 Å². The Morgan fingerprint density at radius 3 is 2.58 bits per heavy atom. The van der Waals surface area contributed by atoms with Crippen molar-refractivity contribution in [2.45, 2.75) is 70.4 Å². The molecule has 1 saturated heterocycles. The molecule has 2 aromatic rings. The molecule has 1 fully saturated rings. The second kappa shape index (κ2) is 15.5. The zero-order valence-electron chi connectivity index (χ0n) is 26.3. The van der Waals surface area contributed by atoms with E-state index in [4.69, 9.17) is 38.9 Å². The molecule has 0 bridgehead atoms. The van der Waals surface area contributed by atoms with Gasteiger partial charge in [0.25, 0.3) is 0 Å². The highest BCUT2D eigenvalue weighted by Gasteiger charge is 2.45. The molecular formula is C34H43NO10. The van der Waals surface area contributed by atoms with Crippen LogP contribution in [0.5, 0.6) is 11.5 Å². The summed E-state index contributed by atoms with van der Waals surface area (Å²) in [4.78, 5) is 26.8. The Bertz CT molecular complexity index is 1360. The fourth-order valence-electron chi connectivity index (χ4n) is 4.95. The molecule has 0 spiro atoms. The van der Waals surface area contributed by atoms with E-state index in [0.29, 0.717) is 23.3 Å². The van der Waals surface area contributed by atoms with Crippen LogP contribution in [0.2, 0.25) is 0 Å². The van der Waals surface area contributed by atoms with Crippen molar-refractivity contribution in [3.8, 4) is 11.5 Å². The number of benzene rings is 2. The van der Waals surface area contributed by atoms with Gasteiger partial charge in [-0.3, -0.25) is 0 Å². The van der Waals surface area contributed by atoms with Gasteiger partial charge >= 0.3 is 11.9 Å². The smallest absolute Gasteiger partial charge is 0.342 e. The minimum Gasteiger partial charge on any atom is -0.491 e. The molecule has 3 unspecified atom stereocenters. The molecule has 2 aliphatic heterocycles. The first kappa shape index (κ1) is 34.1. The van der Waals surface area contributed by atoms with Crippen LogP contribution in [0.3, 0.4) is 0 Å². The third-order valence-corrected chi connectivity index (χ3v) is 7.46. The molecule has 244 valence electrons. The van der Waals surface area contributed by atoms with E-state index in [9.17, 15) is 14.7 Å². The Labute approximate surface area is 263 Å². The molecule has 0 saturated carbocycles. The minimum atomic E-state index is -0.940. The van der Waals surface area contributed by atoms with Gasteiger partial charge < -0.3 is 44.0 Å². The average molecular weight is 626 g/mol. The third kappa shape index (κ3) is 9.15. The molecule has 4 rings (SSSR count). The number of nitrogens with two attached hydrogens (primary N) is 1. The van der Waals surface area contributed by atoms with E-state index in [2.05, 4.69) is 0 Å². The van der Waals surface area contributed by atoms with Gasteiger partial charge in [0.05, 0.1) is 11.7 Å². The fourth-order valence-corrected chi connectivity index (χ4v) is 4.95. The summed E-state index contributed by atoms with van der Waals surface area (Å²) in [6, 6.07) is 11.9. The monoisotopic (exact) mass is 625 g/mol. The number of esters is 2.